The standard InChI is InChI=1S/C10H20N2O2/c1-6(2)12-10(13)9-5-4-8(14-9)7(3)11/h6-9H,4-5,11H2,1-3H3,(H,12,13)/t7-,8+,9+/m0/s1. The van der Waals surface area contributed by atoms with Gasteiger partial charge in [-0.25, -0.2) is 0 Å². The highest BCUT2D eigenvalue weighted by Crippen LogP contribution is 2.21. The first-order valence-corrected chi connectivity index (χ1v) is 5.22. The highest BCUT2D eigenvalue weighted by molar-refractivity contribution is 5.81. The van der Waals surface area contributed by atoms with E-state index < -0.39 is 0 Å². The first-order valence-electron chi connectivity index (χ1n) is 5.22. The third kappa shape index (κ3) is 2.96. The van der Waals surface area contributed by atoms with Crippen molar-refractivity contribution in [3.8, 4) is 0 Å². The molecule has 4 nitrogen and oxygen atoms in total. The largest absolute Gasteiger partial charge is 0.364 e. The third-order valence-corrected chi connectivity index (χ3v) is 2.36. The number of rotatable bonds is 3. The molecule has 0 radical (unpaired) electrons. The van der Waals surface area contributed by atoms with Gasteiger partial charge in [-0.05, 0) is 33.6 Å². The number of ether oxygens (including phenoxy) is 1. The van der Waals surface area contributed by atoms with Crippen LogP contribution in [0.5, 0.6) is 0 Å². The predicted octanol–water partition coefficient (Wildman–Crippen LogP) is 0.406. The summed E-state index contributed by atoms with van der Waals surface area (Å²) in [5, 5.41) is 2.84. The summed E-state index contributed by atoms with van der Waals surface area (Å²) in [4.78, 5) is 11.5. The fourth-order valence-electron chi connectivity index (χ4n) is 1.62. The first kappa shape index (κ1) is 11.5. The van der Waals surface area contributed by atoms with Gasteiger partial charge in [0.15, 0.2) is 0 Å². The molecule has 0 saturated carbocycles. The average molecular weight is 200 g/mol. The van der Waals surface area contributed by atoms with Crippen molar-refractivity contribution in [3.63, 3.8) is 0 Å². The lowest BCUT2D eigenvalue weighted by molar-refractivity contribution is -0.132. The molecule has 0 aliphatic carbocycles. The smallest absolute Gasteiger partial charge is 0.249 e. The van der Waals surface area contributed by atoms with Crippen LogP contribution in [0.4, 0.5) is 0 Å². The molecule has 0 bridgehead atoms. The number of hydrogen-bond donors (Lipinski definition) is 2. The summed E-state index contributed by atoms with van der Waals surface area (Å²) < 4.78 is 5.55. The summed E-state index contributed by atoms with van der Waals surface area (Å²) in [6, 6.07) is 0.173. The molecule has 0 aromatic heterocycles. The molecule has 1 rings (SSSR count). The van der Waals surface area contributed by atoms with Gasteiger partial charge in [-0.2, -0.15) is 0 Å². The Kier molecular flexibility index (Phi) is 3.89. The highest BCUT2D eigenvalue weighted by Gasteiger charge is 2.32. The van der Waals surface area contributed by atoms with Crippen LogP contribution in [-0.2, 0) is 9.53 Å². The molecule has 3 atom stereocenters. The van der Waals surface area contributed by atoms with Gasteiger partial charge in [0.1, 0.15) is 6.10 Å². The van der Waals surface area contributed by atoms with Gasteiger partial charge in [0.25, 0.3) is 0 Å². The Bertz CT molecular complexity index is 204. The predicted molar refractivity (Wildman–Crippen MR) is 54.8 cm³/mol. The molecule has 0 unspecified atom stereocenters. The van der Waals surface area contributed by atoms with E-state index in [1.807, 2.05) is 20.8 Å². The summed E-state index contributed by atoms with van der Waals surface area (Å²) in [5.74, 6) is -0.0110. The van der Waals surface area contributed by atoms with E-state index >= 15 is 0 Å². The van der Waals surface area contributed by atoms with E-state index in [0.29, 0.717) is 0 Å². The van der Waals surface area contributed by atoms with E-state index in [4.69, 9.17) is 10.5 Å². The van der Waals surface area contributed by atoms with Crippen LogP contribution in [0.3, 0.4) is 0 Å². The SMILES string of the molecule is CC(C)NC(=O)[C@H]1CC[C@H]([C@H](C)N)O1. The zero-order valence-electron chi connectivity index (χ0n) is 9.12. The third-order valence-electron chi connectivity index (χ3n) is 2.36. The Hall–Kier alpha value is -0.610. The minimum Gasteiger partial charge on any atom is -0.364 e. The van der Waals surface area contributed by atoms with Gasteiger partial charge in [0, 0.05) is 12.1 Å². The molecule has 14 heavy (non-hydrogen) atoms. The van der Waals surface area contributed by atoms with Crippen molar-refractivity contribution < 1.29 is 9.53 Å². The maximum atomic E-state index is 11.5. The van der Waals surface area contributed by atoms with Crippen molar-refractivity contribution in [3.05, 3.63) is 0 Å². The number of nitrogens with one attached hydrogen (secondary N) is 1. The molecule has 1 saturated heterocycles. The van der Waals surface area contributed by atoms with Crippen molar-refractivity contribution in [1.82, 2.24) is 5.32 Å². The molecule has 0 aromatic rings. The Balaban J connectivity index is 2.38. The van der Waals surface area contributed by atoms with Crippen LogP contribution in [0.15, 0.2) is 0 Å². The Morgan fingerprint density at radius 2 is 2.07 bits per heavy atom. The van der Waals surface area contributed by atoms with E-state index in [1.165, 1.54) is 0 Å². The number of nitrogens with two attached hydrogens (primary N) is 1. The van der Waals surface area contributed by atoms with E-state index in [1.54, 1.807) is 0 Å². The van der Waals surface area contributed by atoms with Gasteiger partial charge in [-0.1, -0.05) is 0 Å². The van der Waals surface area contributed by atoms with Gasteiger partial charge in [-0.3, -0.25) is 4.79 Å². The lowest BCUT2D eigenvalue weighted by Gasteiger charge is -2.17. The van der Waals surface area contributed by atoms with E-state index in [9.17, 15) is 4.79 Å². The molecule has 1 aliphatic heterocycles. The molecule has 0 spiro atoms. The second kappa shape index (κ2) is 4.75. The van der Waals surface area contributed by atoms with Gasteiger partial charge in [0.2, 0.25) is 5.91 Å². The average Bonchev–Trinajstić information content (AvgIpc) is 2.50. The molecule has 82 valence electrons. The van der Waals surface area contributed by atoms with Crippen LogP contribution >= 0.6 is 0 Å². The van der Waals surface area contributed by atoms with Crippen molar-refractivity contribution in [2.75, 3.05) is 0 Å². The quantitative estimate of drug-likeness (QED) is 0.693. The molecule has 0 aromatic carbocycles. The van der Waals surface area contributed by atoms with Crippen LogP contribution in [0, 0.1) is 0 Å². The number of carbonyl (C=O) groups excluding carboxylic acids is 1. The second-order valence-electron chi connectivity index (χ2n) is 4.26. The van der Waals surface area contributed by atoms with E-state index in [2.05, 4.69) is 5.32 Å². The van der Waals surface area contributed by atoms with E-state index in [0.717, 1.165) is 12.8 Å². The van der Waals surface area contributed by atoms with Crippen molar-refractivity contribution in [2.24, 2.45) is 5.73 Å². The van der Waals surface area contributed by atoms with Gasteiger partial charge < -0.3 is 15.8 Å². The number of amides is 1. The highest BCUT2D eigenvalue weighted by atomic mass is 16.5. The normalized spacial score (nSPS) is 29.2. The van der Waals surface area contributed by atoms with Gasteiger partial charge >= 0.3 is 0 Å². The zero-order chi connectivity index (χ0) is 10.7. The molecular weight excluding hydrogens is 180 g/mol. The van der Waals surface area contributed by atoms with Crippen molar-refractivity contribution >= 4 is 5.91 Å². The number of hydrogen-bond acceptors (Lipinski definition) is 3. The molecular formula is C10H20N2O2. The van der Waals surface area contributed by atoms with Gasteiger partial charge in [0.05, 0.1) is 6.10 Å². The zero-order valence-corrected chi connectivity index (χ0v) is 9.12. The Morgan fingerprint density at radius 3 is 2.50 bits per heavy atom. The molecule has 1 amide bonds. The monoisotopic (exact) mass is 200 g/mol. The second-order valence-corrected chi connectivity index (χ2v) is 4.26. The maximum absolute atomic E-state index is 11.5. The van der Waals surface area contributed by atoms with Gasteiger partial charge in [-0.15, -0.1) is 0 Å². The van der Waals surface area contributed by atoms with Crippen LogP contribution in [-0.4, -0.2) is 30.2 Å². The van der Waals surface area contributed by atoms with Crippen LogP contribution in [0.25, 0.3) is 0 Å². The fraction of sp³-hybridized carbons (Fsp3) is 0.900. The van der Waals surface area contributed by atoms with Crippen LogP contribution < -0.4 is 11.1 Å². The molecule has 1 fully saturated rings. The minimum absolute atomic E-state index is 0.00634. The van der Waals surface area contributed by atoms with Crippen molar-refractivity contribution in [2.45, 2.75) is 57.9 Å². The minimum atomic E-state index is -0.298. The van der Waals surface area contributed by atoms with Crippen molar-refractivity contribution in [1.29, 1.82) is 0 Å². The van der Waals surface area contributed by atoms with E-state index in [-0.39, 0.29) is 30.2 Å². The Morgan fingerprint density at radius 1 is 1.43 bits per heavy atom. The van der Waals surface area contributed by atoms with Crippen LogP contribution in [0.2, 0.25) is 0 Å². The summed E-state index contributed by atoms with van der Waals surface area (Å²) in [6.45, 7) is 5.79. The fourth-order valence-corrected chi connectivity index (χ4v) is 1.62. The molecule has 3 N–H and O–H groups in total. The maximum Gasteiger partial charge on any atom is 0.249 e. The molecule has 1 heterocycles. The summed E-state index contributed by atoms with van der Waals surface area (Å²) in [7, 11) is 0. The summed E-state index contributed by atoms with van der Waals surface area (Å²) >= 11 is 0. The number of carbonyl (C=O) groups is 1. The lowest BCUT2D eigenvalue weighted by atomic mass is 10.1. The Labute approximate surface area is 85.2 Å². The van der Waals surface area contributed by atoms with Crippen LogP contribution in [0.1, 0.15) is 33.6 Å². The lowest BCUT2D eigenvalue weighted by Crippen LogP contribution is -2.40. The topological polar surface area (TPSA) is 64.4 Å². The molecule has 1 aliphatic rings. The summed E-state index contributed by atoms with van der Waals surface area (Å²) in [6.07, 6.45) is 1.41. The first-order chi connectivity index (χ1) is 6.50. The molecule has 4 heteroatoms. The summed E-state index contributed by atoms with van der Waals surface area (Å²) in [5.41, 5.74) is 5.70.